The zero-order valence-electron chi connectivity index (χ0n) is 19.2. The van der Waals surface area contributed by atoms with Crippen molar-refractivity contribution in [3.05, 3.63) is 69.5 Å². The fourth-order valence-electron chi connectivity index (χ4n) is 3.35. The molecule has 2 aromatic carbocycles. The van der Waals surface area contributed by atoms with E-state index in [9.17, 15) is 18.0 Å². The molecule has 0 aliphatic heterocycles. The van der Waals surface area contributed by atoms with Gasteiger partial charge in [0.25, 0.3) is 15.9 Å². The average molecular weight is 472 g/mol. The number of fused-ring (bicyclic) bond motifs is 1. The summed E-state index contributed by atoms with van der Waals surface area (Å²) in [6.45, 7) is 8.46. The molecule has 0 saturated carbocycles. The zero-order valence-corrected chi connectivity index (χ0v) is 20.0. The number of anilines is 1. The van der Waals surface area contributed by atoms with Crippen molar-refractivity contribution in [2.45, 2.75) is 45.1 Å². The van der Waals surface area contributed by atoms with Gasteiger partial charge in [-0.25, -0.2) is 8.42 Å². The topological polar surface area (TPSA) is 117 Å². The van der Waals surface area contributed by atoms with Gasteiger partial charge in [-0.05, 0) is 63.9 Å². The van der Waals surface area contributed by atoms with E-state index in [1.165, 1.54) is 24.4 Å². The molecule has 0 radical (unpaired) electrons. The van der Waals surface area contributed by atoms with Crippen molar-refractivity contribution >= 4 is 32.5 Å². The molecule has 0 atom stereocenters. The number of ether oxygens (including phenoxy) is 1. The van der Waals surface area contributed by atoms with E-state index >= 15 is 0 Å². The Kier molecular flexibility index (Phi) is 7.55. The Morgan fingerprint density at radius 3 is 2.58 bits per heavy atom. The van der Waals surface area contributed by atoms with Crippen molar-refractivity contribution in [3.63, 3.8) is 0 Å². The molecule has 0 aliphatic carbocycles. The highest BCUT2D eigenvalue weighted by Crippen LogP contribution is 2.22. The minimum absolute atomic E-state index is 0.0659. The maximum Gasteiger partial charge on any atom is 0.261 e. The van der Waals surface area contributed by atoms with Crippen LogP contribution in [-0.2, 0) is 14.8 Å². The summed E-state index contributed by atoms with van der Waals surface area (Å²) in [6.07, 6.45) is 2.06. The fourth-order valence-corrected chi connectivity index (χ4v) is 4.51. The number of carbonyl (C=O) groups is 1. The highest BCUT2D eigenvalue weighted by molar-refractivity contribution is 7.92. The van der Waals surface area contributed by atoms with Crippen LogP contribution in [0.1, 0.15) is 41.8 Å². The second-order valence-corrected chi connectivity index (χ2v) is 9.87. The van der Waals surface area contributed by atoms with Crippen LogP contribution in [-0.4, -0.2) is 38.6 Å². The van der Waals surface area contributed by atoms with Gasteiger partial charge < -0.3 is 15.0 Å². The number of aromatic nitrogens is 1. The summed E-state index contributed by atoms with van der Waals surface area (Å²) in [7, 11) is -3.93. The van der Waals surface area contributed by atoms with E-state index < -0.39 is 21.4 Å². The normalized spacial score (nSPS) is 11.7. The van der Waals surface area contributed by atoms with Gasteiger partial charge in [-0.3, -0.25) is 14.3 Å². The summed E-state index contributed by atoms with van der Waals surface area (Å²) in [4.78, 5) is 28.3. The molecule has 176 valence electrons. The first-order valence-electron chi connectivity index (χ1n) is 10.7. The van der Waals surface area contributed by atoms with Crippen molar-refractivity contribution < 1.29 is 17.9 Å². The van der Waals surface area contributed by atoms with Gasteiger partial charge in [0.2, 0.25) is 5.43 Å². The number of aryl methyl sites for hydroxylation is 2. The molecule has 3 N–H and O–H groups in total. The van der Waals surface area contributed by atoms with E-state index in [4.69, 9.17) is 4.74 Å². The molecule has 0 fully saturated rings. The van der Waals surface area contributed by atoms with Crippen LogP contribution in [0.25, 0.3) is 10.9 Å². The van der Waals surface area contributed by atoms with Crippen molar-refractivity contribution in [1.82, 2.24) is 10.3 Å². The molecule has 0 bridgehead atoms. The first-order chi connectivity index (χ1) is 15.6. The molecule has 1 aromatic heterocycles. The molecule has 9 heteroatoms. The Labute approximate surface area is 193 Å². The van der Waals surface area contributed by atoms with E-state index in [0.29, 0.717) is 30.8 Å². The van der Waals surface area contributed by atoms with Gasteiger partial charge in [-0.2, -0.15) is 0 Å². The van der Waals surface area contributed by atoms with Crippen LogP contribution in [0.2, 0.25) is 0 Å². The first kappa shape index (κ1) is 24.5. The van der Waals surface area contributed by atoms with Crippen LogP contribution in [0.3, 0.4) is 0 Å². The molecular formula is C24H29N3O5S. The third-order valence-electron chi connectivity index (χ3n) is 5.09. The lowest BCUT2D eigenvalue weighted by Crippen LogP contribution is -2.30. The summed E-state index contributed by atoms with van der Waals surface area (Å²) in [5, 5.41) is 2.82. The highest BCUT2D eigenvalue weighted by atomic mass is 32.2. The smallest absolute Gasteiger partial charge is 0.261 e. The molecule has 33 heavy (non-hydrogen) atoms. The second-order valence-electron chi connectivity index (χ2n) is 8.19. The van der Waals surface area contributed by atoms with Gasteiger partial charge in [0.05, 0.1) is 16.7 Å². The Hall–Kier alpha value is -3.17. The number of hydrogen-bond donors (Lipinski definition) is 3. The summed E-state index contributed by atoms with van der Waals surface area (Å²) >= 11 is 0. The number of hydrogen-bond acceptors (Lipinski definition) is 5. The van der Waals surface area contributed by atoms with Crippen LogP contribution >= 0.6 is 0 Å². The van der Waals surface area contributed by atoms with E-state index in [1.807, 2.05) is 39.8 Å². The molecule has 0 aliphatic rings. The molecule has 0 unspecified atom stereocenters. The quantitative estimate of drug-likeness (QED) is 0.413. The first-order valence-corrected chi connectivity index (χ1v) is 12.2. The predicted molar refractivity (Wildman–Crippen MR) is 129 cm³/mol. The Balaban J connectivity index is 1.84. The average Bonchev–Trinajstić information content (AvgIpc) is 2.75. The van der Waals surface area contributed by atoms with E-state index in [1.54, 1.807) is 6.07 Å². The van der Waals surface area contributed by atoms with Gasteiger partial charge in [-0.1, -0.05) is 17.7 Å². The molecule has 0 saturated heterocycles. The molecule has 0 spiro atoms. The SMILES string of the molecule is Cc1ccc(NS(=O)(=O)c2ccc3[nH]cc(C(=O)NCCCOC(C)C)c(=O)c3c2)c(C)c1. The molecule has 3 rings (SSSR count). The molecule has 1 heterocycles. The number of carbonyl (C=O) groups excluding carboxylic acids is 1. The summed E-state index contributed by atoms with van der Waals surface area (Å²) < 4.78 is 33.9. The molecular weight excluding hydrogens is 442 g/mol. The van der Waals surface area contributed by atoms with Gasteiger partial charge in [-0.15, -0.1) is 0 Å². The summed E-state index contributed by atoms with van der Waals surface area (Å²) in [6, 6.07) is 9.60. The van der Waals surface area contributed by atoms with Gasteiger partial charge in [0.15, 0.2) is 0 Å². The second kappa shape index (κ2) is 10.2. The Morgan fingerprint density at radius 2 is 1.88 bits per heavy atom. The van der Waals surface area contributed by atoms with Crippen LogP contribution in [0.4, 0.5) is 5.69 Å². The fraction of sp³-hybridized carbons (Fsp3) is 0.333. The number of benzene rings is 2. The summed E-state index contributed by atoms with van der Waals surface area (Å²) in [5.41, 5.74) is 2.09. The number of amides is 1. The zero-order chi connectivity index (χ0) is 24.2. The van der Waals surface area contributed by atoms with Crippen molar-refractivity contribution in [2.75, 3.05) is 17.9 Å². The maximum absolute atomic E-state index is 13.0. The minimum atomic E-state index is -3.93. The van der Waals surface area contributed by atoms with Crippen molar-refractivity contribution in [1.29, 1.82) is 0 Å². The van der Waals surface area contributed by atoms with Gasteiger partial charge >= 0.3 is 0 Å². The minimum Gasteiger partial charge on any atom is -0.379 e. The Bertz CT molecular complexity index is 1330. The number of rotatable bonds is 9. The predicted octanol–water partition coefficient (Wildman–Crippen LogP) is 3.49. The van der Waals surface area contributed by atoms with Crippen LogP contribution in [0.5, 0.6) is 0 Å². The molecule has 8 nitrogen and oxygen atoms in total. The van der Waals surface area contributed by atoms with Crippen molar-refractivity contribution in [2.24, 2.45) is 0 Å². The maximum atomic E-state index is 13.0. The summed E-state index contributed by atoms with van der Waals surface area (Å²) in [5.74, 6) is -0.524. The van der Waals surface area contributed by atoms with E-state index in [0.717, 1.165) is 11.1 Å². The highest BCUT2D eigenvalue weighted by Gasteiger charge is 2.19. The van der Waals surface area contributed by atoms with E-state index in [-0.39, 0.29) is 21.9 Å². The van der Waals surface area contributed by atoms with Crippen LogP contribution in [0, 0.1) is 13.8 Å². The Morgan fingerprint density at radius 1 is 1.12 bits per heavy atom. The van der Waals surface area contributed by atoms with Gasteiger partial charge in [0.1, 0.15) is 5.56 Å². The van der Waals surface area contributed by atoms with Gasteiger partial charge in [0, 0.05) is 30.3 Å². The lowest BCUT2D eigenvalue weighted by atomic mass is 10.1. The standard InChI is InChI=1S/C24H29N3O5S/c1-15(2)32-11-5-10-25-24(29)20-14-26-22-9-7-18(13-19(22)23(20)28)33(30,31)27-21-8-6-16(3)12-17(21)4/h6-9,12-15,27H,5,10-11H2,1-4H3,(H,25,29)(H,26,28). The lowest BCUT2D eigenvalue weighted by molar-refractivity contribution is 0.0757. The molecule has 3 aromatic rings. The van der Waals surface area contributed by atoms with Crippen LogP contribution < -0.4 is 15.5 Å². The van der Waals surface area contributed by atoms with Crippen molar-refractivity contribution in [3.8, 4) is 0 Å². The third kappa shape index (κ3) is 6.00. The largest absolute Gasteiger partial charge is 0.379 e. The van der Waals surface area contributed by atoms with Crippen LogP contribution in [0.15, 0.2) is 52.3 Å². The van der Waals surface area contributed by atoms with E-state index in [2.05, 4.69) is 15.0 Å². The monoisotopic (exact) mass is 471 g/mol. The number of H-pyrrole nitrogens is 1. The molecule has 1 amide bonds. The number of aromatic amines is 1. The number of nitrogens with one attached hydrogen (secondary N) is 3. The lowest BCUT2D eigenvalue weighted by Gasteiger charge is -2.12. The number of sulfonamides is 1. The third-order valence-corrected chi connectivity index (χ3v) is 6.45. The number of pyridine rings is 1.